The molecule has 1 unspecified atom stereocenters. The van der Waals surface area contributed by atoms with Crippen molar-refractivity contribution in [3.05, 3.63) is 65.7 Å². The van der Waals surface area contributed by atoms with E-state index in [1.54, 1.807) is 11.8 Å². The van der Waals surface area contributed by atoms with Crippen molar-refractivity contribution in [1.29, 1.82) is 0 Å². The molecule has 0 bridgehead atoms. The first kappa shape index (κ1) is 17.4. The van der Waals surface area contributed by atoms with Gasteiger partial charge in [-0.15, -0.1) is 11.8 Å². The van der Waals surface area contributed by atoms with Gasteiger partial charge in [0.15, 0.2) is 0 Å². The predicted octanol–water partition coefficient (Wildman–Crippen LogP) is 5.12. The van der Waals surface area contributed by atoms with Crippen LogP contribution in [-0.2, 0) is 0 Å². The van der Waals surface area contributed by atoms with Crippen molar-refractivity contribution in [2.75, 3.05) is 24.6 Å². The van der Waals surface area contributed by atoms with E-state index in [0.29, 0.717) is 5.25 Å². The molecule has 0 spiro atoms. The molecule has 24 heavy (non-hydrogen) atoms. The van der Waals surface area contributed by atoms with Gasteiger partial charge < -0.3 is 4.90 Å². The van der Waals surface area contributed by atoms with Crippen molar-refractivity contribution in [3.8, 4) is 0 Å². The van der Waals surface area contributed by atoms with Gasteiger partial charge in [0.2, 0.25) is 0 Å². The van der Waals surface area contributed by atoms with Gasteiger partial charge in [-0.2, -0.15) is 11.8 Å². The molecule has 2 nitrogen and oxygen atoms in total. The van der Waals surface area contributed by atoms with E-state index >= 15 is 0 Å². The smallest absolute Gasteiger partial charge is 0.255 e. The molecule has 126 valence electrons. The van der Waals surface area contributed by atoms with Crippen molar-refractivity contribution in [3.63, 3.8) is 0 Å². The summed E-state index contributed by atoms with van der Waals surface area (Å²) in [5.74, 6) is 2.16. The molecular formula is C20H23NOS2. The lowest BCUT2D eigenvalue weighted by Crippen LogP contribution is -2.33. The summed E-state index contributed by atoms with van der Waals surface area (Å²) in [5.41, 5.74) is 2.23. The molecule has 1 aliphatic rings. The zero-order valence-corrected chi connectivity index (χ0v) is 15.6. The summed E-state index contributed by atoms with van der Waals surface area (Å²) in [6.07, 6.45) is 1.02. The van der Waals surface area contributed by atoms with Gasteiger partial charge in [0.25, 0.3) is 5.91 Å². The average Bonchev–Trinajstić information content (AvgIpc) is 2.89. The van der Waals surface area contributed by atoms with Gasteiger partial charge >= 0.3 is 0 Å². The van der Waals surface area contributed by atoms with E-state index in [9.17, 15) is 4.79 Å². The fraction of sp³-hybridized carbons (Fsp3) is 0.350. The van der Waals surface area contributed by atoms with Crippen molar-refractivity contribution < 1.29 is 4.79 Å². The summed E-state index contributed by atoms with van der Waals surface area (Å²) in [6.45, 7) is 3.79. The Bertz CT molecular complexity index is 674. The van der Waals surface area contributed by atoms with Gasteiger partial charge in [-0.25, -0.2) is 0 Å². The maximum absolute atomic E-state index is 13.0. The van der Waals surface area contributed by atoms with E-state index in [4.69, 9.17) is 0 Å². The van der Waals surface area contributed by atoms with Crippen LogP contribution in [0.1, 0.15) is 34.5 Å². The molecule has 1 atom stereocenters. The average molecular weight is 358 g/mol. The Morgan fingerprint density at radius 1 is 1.12 bits per heavy atom. The lowest BCUT2D eigenvalue weighted by Gasteiger charge is -2.21. The largest absolute Gasteiger partial charge is 0.338 e. The van der Waals surface area contributed by atoms with Crippen molar-refractivity contribution in [1.82, 2.24) is 4.90 Å². The van der Waals surface area contributed by atoms with Crippen molar-refractivity contribution >= 4 is 29.4 Å². The predicted molar refractivity (Wildman–Crippen MR) is 105 cm³/mol. The second kappa shape index (κ2) is 8.63. The number of thioether (sulfide) groups is 2. The quantitative estimate of drug-likeness (QED) is 0.709. The van der Waals surface area contributed by atoms with Crippen LogP contribution >= 0.6 is 23.5 Å². The molecule has 0 saturated carbocycles. The number of carbonyl (C=O) groups is 1. The fourth-order valence-corrected chi connectivity index (χ4v) is 5.03. The van der Waals surface area contributed by atoms with Crippen LogP contribution in [0.15, 0.2) is 59.5 Å². The van der Waals surface area contributed by atoms with E-state index in [1.807, 2.05) is 34.9 Å². The highest BCUT2D eigenvalue weighted by atomic mass is 32.2. The Balaban J connectivity index is 1.71. The summed E-state index contributed by atoms with van der Waals surface area (Å²) in [7, 11) is 0. The van der Waals surface area contributed by atoms with Gasteiger partial charge in [-0.05, 0) is 29.9 Å². The molecule has 2 aromatic carbocycles. The number of hydrogen-bond acceptors (Lipinski definition) is 3. The third-order valence-corrected chi connectivity index (χ3v) is 6.50. The number of nitrogens with zero attached hydrogens (tertiary/aromatic N) is 1. The lowest BCUT2D eigenvalue weighted by atomic mass is 10.1. The third-order valence-electron chi connectivity index (χ3n) is 4.22. The highest BCUT2D eigenvalue weighted by Gasteiger charge is 2.24. The van der Waals surface area contributed by atoms with E-state index in [0.717, 1.165) is 41.5 Å². The summed E-state index contributed by atoms with van der Waals surface area (Å²) in [6, 6.07) is 18.6. The zero-order valence-electron chi connectivity index (χ0n) is 14.0. The SMILES string of the molecule is CCSc1ccccc1C(=O)N1CCSC(c2ccccc2)CC1. The Morgan fingerprint density at radius 3 is 2.67 bits per heavy atom. The Labute approximate surface area is 153 Å². The molecule has 0 aromatic heterocycles. The summed E-state index contributed by atoms with van der Waals surface area (Å²) < 4.78 is 0. The highest BCUT2D eigenvalue weighted by molar-refractivity contribution is 7.99. The minimum atomic E-state index is 0.181. The molecule has 1 amide bonds. The fourth-order valence-electron chi connectivity index (χ4n) is 3.00. The third kappa shape index (κ3) is 4.17. The molecule has 1 fully saturated rings. The molecule has 0 N–H and O–H groups in total. The van der Waals surface area contributed by atoms with Crippen LogP contribution < -0.4 is 0 Å². The zero-order chi connectivity index (χ0) is 16.8. The van der Waals surface area contributed by atoms with Crippen LogP contribution in [0, 0.1) is 0 Å². The van der Waals surface area contributed by atoms with E-state index in [2.05, 4.69) is 43.3 Å². The van der Waals surface area contributed by atoms with Gasteiger partial charge in [0.05, 0.1) is 5.56 Å². The first-order valence-electron chi connectivity index (χ1n) is 8.47. The maximum atomic E-state index is 13.0. The van der Waals surface area contributed by atoms with Crippen molar-refractivity contribution in [2.45, 2.75) is 23.5 Å². The summed E-state index contributed by atoms with van der Waals surface area (Å²) in [4.78, 5) is 16.1. The molecule has 4 heteroatoms. The first-order valence-corrected chi connectivity index (χ1v) is 10.5. The first-order chi connectivity index (χ1) is 11.8. The monoisotopic (exact) mass is 357 g/mol. The molecule has 0 radical (unpaired) electrons. The maximum Gasteiger partial charge on any atom is 0.255 e. The molecule has 1 aliphatic heterocycles. The second-order valence-corrected chi connectivity index (χ2v) is 8.40. The number of hydrogen-bond donors (Lipinski definition) is 0. The van der Waals surface area contributed by atoms with Gasteiger partial charge in [-0.3, -0.25) is 4.79 Å². The Hall–Kier alpha value is -1.39. The van der Waals surface area contributed by atoms with Crippen LogP contribution in [0.4, 0.5) is 0 Å². The van der Waals surface area contributed by atoms with E-state index in [-0.39, 0.29) is 5.91 Å². The normalized spacial score (nSPS) is 18.2. The standard InChI is InChI=1S/C20H23NOS2/c1-2-23-19-11-7-6-10-17(19)20(22)21-13-12-18(24-15-14-21)16-8-4-3-5-9-16/h3-11,18H,2,12-15H2,1H3. The molecule has 3 rings (SSSR count). The van der Waals surface area contributed by atoms with Gasteiger partial charge in [0.1, 0.15) is 0 Å². The molecule has 1 saturated heterocycles. The Kier molecular flexibility index (Phi) is 6.27. The number of carbonyl (C=O) groups excluding carboxylic acids is 1. The number of amides is 1. The van der Waals surface area contributed by atoms with Crippen LogP contribution in [0.2, 0.25) is 0 Å². The summed E-state index contributed by atoms with van der Waals surface area (Å²) in [5, 5.41) is 0.490. The Morgan fingerprint density at radius 2 is 1.88 bits per heavy atom. The number of benzene rings is 2. The van der Waals surface area contributed by atoms with Crippen LogP contribution in [0.25, 0.3) is 0 Å². The minimum Gasteiger partial charge on any atom is -0.338 e. The topological polar surface area (TPSA) is 20.3 Å². The molecular weight excluding hydrogens is 334 g/mol. The second-order valence-electron chi connectivity index (χ2n) is 5.78. The van der Waals surface area contributed by atoms with Gasteiger partial charge in [0, 0.05) is 29.0 Å². The van der Waals surface area contributed by atoms with Crippen molar-refractivity contribution in [2.24, 2.45) is 0 Å². The summed E-state index contributed by atoms with van der Waals surface area (Å²) >= 11 is 3.71. The molecule has 2 aromatic rings. The lowest BCUT2D eigenvalue weighted by molar-refractivity contribution is 0.0763. The van der Waals surface area contributed by atoms with Crippen LogP contribution in [0.3, 0.4) is 0 Å². The van der Waals surface area contributed by atoms with Crippen LogP contribution in [-0.4, -0.2) is 35.4 Å². The molecule has 0 aliphatic carbocycles. The molecule has 1 heterocycles. The number of rotatable bonds is 4. The highest BCUT2D eigenvalue weighted by Crippen LogP contribution is 2.34. The van der Waals surface area contributed by atoms with E-state index in [1.165, 1.54) is 5.56 Å². The van der Waals surface area contributed by atoms with E-state index < -0.39 is 0 Å². The van der Waals surface area contributed by atoms with Gasteiger partial charge in [-0.1, -0.05) is 49.4 Å². The minimum absolute atomic E-state index is 0.181. The van der Waals surface area contributed by atoms with Crippen LogP contribution in [0.5, 0.6) is 0 Å².